The minimum absolute atomic E-state index is 0.141. The summed E-state index contributed by atoms with van der Waals surface area (Å²) in [5.74, 6) is -0.560. The molecule has 0 saturated heterocycles. The van der Waals surface area contributed by atoms with Crippen LogP contribution in [0.3, 0.4) is 0 Å². The maximum atomic E-state index is 12.2. The highest BCUT2D eigenvalue weighted by Crippen LogP contribution is 2.36. The molecule has 1 atom stereocenters. The van der Waals surface area contributed by atoms with E-state index in [0.29, 0.717) is 5.39 Å². The Morgan fingerprint density at radius 1 is 1.31 bits per heavy atom. The Labute approximate surface area is 93.2 Å². The smallest absolute Gasteiger partial charge is 0.421 e. The van der Waals surface area contributed by atoms with Gasteiger partial charge in [-0.2, -0.15) is 13.2 Å². The number of para-hydroxylation sites is 1. The fraction of sp³-hybridized carbons (Fsp3) is 0.200. The molecule has 0 spiro atoms. The second-order valence-corrected chi connectivity index (χ2v) is 3.66. The maximum Gasteiger partial charge on any atom is 0.421 e. The lowest BCUT2D eigenvalue weighted by Gasteiger charge is -2.10. The number of furan rings is 1. The first-order valence-electron chi connectivity index (χ1n) is 4.32. The van der Waals surface area contributed by atoms with Crippen LogP contribution in [0.4, 0.5) is 13.2 Å². The summed E-state index contributed by atoms with van der Waals surface area (Å²) in [7, 11) is 0. The van der Waals surface area contributed by atoms with Gasteiger partial charge in [0.2, 0.25) is 6.10 Å². The number of aliphatic hydroxyl groups is 1. The zero-order valence-electron chi connectivity index (χ0n) is 7.75. The lowest BCUT2D eigenvalue weighted by Crippen LogP contribution is -2.19. The van der Waals surface area contributed by atoms with Gasteiger partial charge in [-0.05, 0) is 12.1 Å². The van der Waals surface area contributed by atoms with Crippen molar-refractivity contribution in [2.75, 3.05) is 0 Å². The molecule has 1 aromatic heterocycles. The molecule has 0 aliphatic rings. The second kappa shape index (κ2) is 3.68. The van der Waals surface area contributed by atoms with E-state index in [2.05, 4.69) is 0 Å². The van der Waals surface area contributed by atoms with E-state index in [9.17, 15) is 13.2 Å². The summed E-state index contributed by atoms with van der Waals surface area (Å²) >= 11 is 5.73. The molecule has 1 heterocycles. The van der Waals surface area contributed by atoms with Crippen LogP contribution in [0.15, 0.2) is 28.7 Å². The molecule has 2 aromatic rings. The predicted octanol–water partition coefficient (Wildman–Crippen LogP) is 3.68. The molecule has 0 bridgehead atoms. The summed E-state index contributed by atoms with van der Waals surface area (Å²) in [5.41, 5.74) is 0.141. The van der Waals surface area contributed by atoms with Crippen LogP contribution in [0.2, 0.25) is 5.02 Å². The van der Waals surface area contributed by atoms with Crippen molar-refractivity contribution >= 4 is 22.6 Å². The van der Waals surface area contributed by atoms with E-state index in [1.54, 1.807) is 12.1 Å². The highest BCUT2D eigenvalue weighted by atomic mass is 35.5. The van der Waals surface area contributed by atoms with Gasteiger partial charge in [0.15, 0.2) is 5.58 Å². The van der Waals surface area contributed by atoms with Gasteiger partial charge in [0.05, 0.1) is 5.02 Å². The lowest BCUT2D eigenvalue weighted by molar-refractivity contribution is -0.211. The Kier molecular flexibility index (Phi) is 2.59. The molecule has 2 nitrogen and oxygen atoms in total. The molecule has 0 fully saturated rings. The molecule has 0 aliphatic carbocycles. The molecular formula is C10H6ClF3O2. The van der Waals surface area contributed by atoms with E-state index < -0.39 is 18.0 Å². The number of fused-ring (bicyclic) bond motifs is 1. The van der Waals surface area contributed by atoms with Gasteiger partial charge in [-0.15, -0.1) is 0 Å². The van der Waals surface area contributed by atoms with E-state index in [-0.39, 0.29) is 10.6 Å². The number of benzene rings is 1. The second-order valence-electron chi connectivity index (χ2n) is 3.25. The van der Waals surface area contributed by atoms with Crippen LogP contribution in [0.5, 0.6) is 0 Å². The van der Waals surface area contributed by atoms with Gasteiger partial charge in [0.1, 0.15) is 5.76 Å². The molecule has 1 aromatic carbocycles. The van der Waals surface area contributed by atoms with Crippen molar-refractivity contribution in [2.45, 2.75) is 12.3 Å². The van der Waals surface area contributed by atoms with Crippen molar-refractivity contribution in [1.82, 2.24) is 0 Å². The highest BCUT2D eigenvalue weighted by Gasteiger charge is 2.41. The summed E-state index contributed by atoms with van der Waals surface area (Å²) in [6.45, 7) is 0. The topological polar surface area (TPSA) is 33.4 Å². The molecule has 0 amide bonds. The van der Waals surface area contributed by atoms with Gasteiger partial charge >= 0.3 is 6.18 Å². The summed E-state index contributed by atoms with van der Waals surface area (Å²) in [4.78, 5) is 0. The first kappa shape index (κ1) is 11.3. The number of alkyl halides is 3. The first-order valence-corrected chi connectivity index (χ1v) is 4.70. The van der Waals surface area contributed by atoms with E-state index in [1.807, 2.05) is 0 Å². The standard InChI is InChI=1S/C10H6ClF3O2/c11-6-3-1-2-5-4-7(16-8(5)6)9(15)10(12,13)14/h1-4,9,15H. The van der Waals surface area contributed by atoms with Crippen molar-refractivity contribution in [1.29, 1.82) is 0 Å². The fourth-order valence-corrected chi connectivity index (χ4v) is 1.56. The molecule has 0 radical (unpaired) electrons. The lowest BCUT2D eigenvalue weighted by atomic mass is 10.2. The van der Waals surface area contributed by atoms with E-state index in [4.69, 9.17) is 21.1 Å². The van der Waals surface area contributed by atoms with Crippen LogP contribution in [-0.4, -0.2) is 11.3 Å². The Morgan fingerprint density at radius 3 is 2.56 bits per heavy atom. The van der Waals surface area contributed by atoms with Crippen LogP contribution in [0.25, 0.3) is 11.0 Å². The summed E-state index contributed by atoms with van der Waals surface area (Å²) in [5, 5.41) is 9.62. The number of rotatable bonds is 1. The van der Waals surface area contributed by atoms with Crippen molar-refractivity contribution in [3.05, 3.63) is 35.0 Å². The molecule has 0 aliphatic heterocycles. The van der Waals surface area contributed by atoms with Gasteiger partial charge in [-0.25, -0.2) is 0 Å². The van der Waals surface area contributed by atoms with Crippen molar-refractivity contribution < 1.29 is 22.7 Å². The van der Waals surface area contributed by atoms with Crippen molar-refractivity contribution in [2.24, 2.45) is 0 Å². The number of hydrogen-bond acceptors (Lipinski definition) is 2. The fourth-order valence-electron chi connectivity index (χ4n) is 1.34. The number of halogens is 4. The molecule has 16 heavy (non-hydrogen) atoms. The monoisotopic (exact) mass is 250 g/mol. The third kappa shape index (κ3) is 1.88. The van der Waals surface area contributed by atoms with E-state index >= 15 is 0 Å². The van der Waals surface area contributed by atoms with Gasteiger partial charge in [-0.3, -0.25) is 0 Å². The van der Waals surface area contributed by atoms with Crippen molar-refractivity contribution in [3.63, 3.8) is 0 Å². The summed E-state index contributed by atoms with van der Waals surface area (Å²) in [6.07, 6.45) is -7.38. The third-order valence-electron chi connectivity index (χ3n) is 2.09. The van der Waals surface area contributed by atoms with Gasteiger partial charge in [0, 0.05) is 5.39 Å². The van der Waals surface area contributed by atoms with E-state index in [0.717, 1.165) is 6.07 Å². The zero-order chi connectivity index (χ0) is 11.9. The van der Waals surface area contributed by atoms with Crippen LogP contribution in [-0.2, 0) is 0 Å². The Hall–Kier alpha value is -1.20. The molecule has 6 heteroatoms. The molecule has 86 valence electrons. The number of aliphatic hydroxyl groups excluding tert-OH is 1. The Bertz CT molecular complexity index is 518. The van der Waals surface area contributed by atoms with Crippen LogP contribution < -0.4 is 0 Å². The largest absolute Gasteiger partial charge is 0.456 e. The average molecular weight is 251 g/mol. The minimum atomic E-state index is -4.75. The quantitative estimate of drug-likeness (QED) is 0.837. The SMILES string of the molecule is OC(c1cc2cccc(Cl)c2o1)C(F)(F)F. The van der Waals surface area contributed by atoms with E-state index in [1.165, 1.54) is 6.07 Å². The molecular weight excluding hydrogens is 245 g/mol. The summed E-state index contributed by atoms with van der Waals surface area (Å²) < 4.78 is 41.5. The van der Waals surface area contributed by atoms with Crippen LogP contribution >= 0.6 is 11.6 Å². The van der Waals surface area contributed by atoms with Crippen LogP contribution in [0.1, 0.15) is 11.9 Å². The Morgan fingerprint density at radius 2 is 2.00 bits per heavy atom. The Balaban J connectivity index is 2.52. The van der Waals surface area contributed by atoms with Gasteiger partial charge in [0.25, 0.3) is 0 Å². The van der Waals surface area contributed by atoms with Gasteiger partial charge in [-0.1, -0.05) is 23.7 Å². The van der Waals surface area contributed by atoms with Crippen LogP contribution in [0, 0.1) is 0 Å². The number of hydrogen-bond donors (Lipinski definition) is 1. The normalized spacial score (nSPS) is 14.3. The molecule has 2 rings (SSSR count). The first-order chi connectivity index (χ1) is 7.39. The average Bonchev–Trinajstić information content (AvgIpc) is 2.60. The molecule has 0 saturated carbocycles. The third-order valence-corrected chi connectivity index (χ3v) is 2.39. The highest BCUT2D eigenvalue weighted by molar-refractivity contribution is 6.34. The van der Waals surface area contributed by atoms with Crippen molar-refractivity contribution in [3.8, 4) is 0 Å². The minimum Gasteiger partial charge on any atom is -0.456 e. The maximum absolute atomic E-state index is 12.2. The zero-order valence-corrected chi connectivity index (χ0v) is 8.51. The molecule has 1 N–H and O–H groups in total. The molecule has 1 unspecified atom stereocenters. The summed E-state index contributed by atoms with van der Waals surface area (Å²) in [6, 6.07) is 5.76. The predicted molar refractivity (Wildman–Crippen MR) is 52.2 cm³/mol. The van der Waals surface area contributed by atoms with Gasteiger partial charge < -0.3 is 9.52 Å².